The van der Waals surface area contributed by atoms with E-state index >= 15 is 0 Å². The van der Waals surface area contributed by atoms with Gasteiger partial charge in [-0.1, -0.05) is 23.2 Å². The van der Waals surface area contributed by atoms with Gasteiger partial charge in [0.05, 0.1) is 11.3 Å². The van der Waals surface area contributed by atoms with Crippen LogP contribution in [0.5, 0.6) is 0 Å². The molecule has 0 fully saturated rings. The summed E-state index contributed by atoms with van der Waals surface area (Å²) >= 11 is 17.1. The zero-order valence-electron chi connectivity index (χ0n) is 9.25. The van der Waals surface area contributed by atoms with Crippen molar-refractivity contribution in [2.75, 3.05) is 5.32 Å². The molecule has 2 rings (SSSR count). The second-order valence-electron chi connectivity index (χ2n) is 3.57. The van der Waals surface area contributed by atoms with Crippen molar-refractivity contribution < 1.29 is 4.79 Å². The number of hydrogen-bond acceptors (Lipinski definition) is 2. The lowest BCUT2D eigenvalue weighted by Crippen LogP contribution is -2.13. The van der Waals surface area contributed by atoms with Crippen molar-refractivity contribution in [3.05, 3.63) is 54.2 Å². The van der Waals surface area contributed by atoms with Crippen molar-refractivity contribution in [2.24, 2.45) is 0 Å². The topological polar surface area (TPSA) is 42.0 Å². The molecule has 1 heterocycles. The van der Waals surface area contributed by atoms with E-state index in [1.807, 2.05) is 0 Å². The molecule has 1 aromatic heterocycles. The van der Waals surface area contributed by atoms with Gasteiger partial charge in [0.1, 0.15) is 5.15 Å². The van der Waals surface area contributed by atoms with Crippen LogP contribution in [0.4, 0.5) is 5.69 Å². The van der Waals surface area contributed by atoms with Crippen molar-refractivity contribution in [3.63, 3.8) is 0 Å². The van der Waals surface area contributed by atoms with Crippen LogP contribution in [0, 0.1) is 3.57 Å². The Bertz CT molecular complexity index is 652. The SMILES string of the molecule is O=C(Nc1ccc(Cl)cc1I)c1cc(Br)cnc1Cl. The number of pyridine rings is 1. The lowest BCUT2D eigenvalue weighted by atomic mass is 10.2. The molecule has 0 saturated carbocycles. The fourth-order valence-electron chi connectivity index (χ4n) is 1.36. The number of amides is 1. The average Bonchev–Trinajstić information content (AvgIpc) is 2.35. The van der Waals surface area contributed by atoms with Crippen LogP contribution in [0.2, 0.25) is 10.2 Å². The molecule has 2 aromatic rings. The predicted molar refractivity (Wildman–Crippen MR) is 89.1 cm³/mol. The Kier molecular flexibility index (Phi) is 5.05. The lowest BCUT2D eigenvalue weighted by Gasteiger charge is -2.08. The van der Waals surface area contributed by atoms with E-state index in [9.17, 15) is 4.79 Å². The Morgan fingerprint density at radius 1 is 1.32 bits per heavy atom. The van der Waals surface area contributed by atoms with Crippen molar-refractivity contribution in [1.29, 1.82) is 0 Å². The molecule has 0 radical (unpaired) electrons. The van der Waals surface area contributed by atoms with E-state index in [-0.39, 0.29) is 11.1 Å². The highest BCUT2D eigenvalue weighted by molar-refractivity contribution is 14.1. The van der Waals surface area contributed by atoms with Gasteiger partial charge in [-0.05, 0) is 62.8 Å². The molecule has 0 atom stereocenters. The highest BCUT2D eigenvalue weighted by Crippen LogP contribution is 2.24. The monoisotopic (exact) mass is 470 g/mol. The molecule has 7 heteroatoms. The van der Waals surface area contributed by atoms with Gasteiger partial charge in [-0.3, -0.25) is 4.79 Å². The third-order valence-electron chi connectivity index (χ3n) is 2.23. The maximum atomic E-state index is 12.1. The summed E-state index contributed by atoms with van der Waals surface area (Å²) in [6.45, 7) is 0. The fourth-order valence-corrected chi connectivity index (χ4v) is 2.89. The Morgan fingerprint density at radius 2 is 2.05 bits per heavy atom. The first-order valence-electron chi connectivity index (χ1n) is 5.05. The Labute approximate surface area is 142 Å². The minimum atomic E-state index is -0.320. The summed E-state index contributed by atoms with van der Waals surface area (Å²) in [5, 5.41) is 3.54. The van der Waals surface area contributed by atoms with E-state index < -0.39 is 0 Å². The number of hydrogen-bond donors (Lipinski definition) is 1. The van der Waals surface area contributed by atoms with Crippen LogP contribution in [-0.2, 0) is 0 Å². The zero-order chi connectivity index (χ0) is 14.0. The quantitative estimate of drug-likeness (QED) is 0.494. The number of nitrogens with zero attached hydrogens (tertiary/aromatic N) is 1. The Morgan fingerprint density at radius 3 is 2.74 bits per heavy atom. The van der Waals surface area contributed by atoms with Gasteiger partial charge >= 0.3 is 0 Å². The molecule has 1 amide bonds. The molecule has 0 aliphatic rings. The Balaban J connectivity index is 2.28. The molecule has 1 N–H and O–H groups in total. The summed E-state index contributed by atoms with van der Waals surface area (Å²) < 4.78 is 1.53. The predicted octanol–water partition coefficient (Wildman–Crippen LogP) is 5.01. The number of benzene rings is 1. The zero-order valence-corrected chi connectivity index (χ0v) is 14.5. The molecule has 0 aliphatic carbocycles. The highest BCUT2D eigenvalue weighted by Gasteiger charge is 2.13. The average molecular weight is 472 g/mol. The summed E-state index contributed by atoms with van der Waals surface area (Å²) in [5.41, 5.74) is 0.979. The molecule has 19 heavy (non-hydrogen) atoms. The smallest absolute Gasteiger partial charge is 0.258 e. The van der Waals surface area contributed by atoms with Gasteiger partial charge in [0.2, 0.25) is 0 Å². The summed E-state index contributed by atoms with van der Waals surface area (Å²) in [6.07, 6.45) is 1.53. The molecule has 0 aliphatic heterocycles. The van der Waals surface area contributed by atoms with Crippen LogP contribution in [0.1, 0.15) is 10.4 Å². The first-order chi connectivity index (χ1) is 8.97. The third kappa shape index (κ3) is 3.81. The van der Waals surface area contributed by atoms with Crippen LogP contribution < -0.4 is 5.32 Å². The number of carbonyl (C=O) groups is 1. The van der Waals surface area contributed by atoms with E-state index in [4.69, 9.17) is 23.2 Å². The first-order valence-corrected chi connectivity index (χ1v) is 7.67. The van der Waals surface area contributed by atoms with Gasteiger partial charge < -0.3 is 5.32 Å². The maximum absolute atomic E-state index is 12.1. The number of carbonyl (C=O) groups excluding carboxylic acids is 1. The van der Waals surface area contributed by atoms with E-state index in [1.54, 1.807) is 24.3 Å². The second kappa shape index (κ2) is 6.39. The summed E-state index contributed by atoms with van der Waals surface area (Å²) in [6, 6.07) is 6.83. The largest absolute Gasteiger partial charge is 0.321 e. The van der Waals surface area contributed by atoms with E-state index in [0.717, 1.165) is 3.57 Å². The van der Waals surface area contributed by atoms with E-state index in [2.05, 4.69) is 48.8 Å². The standard InChI is InChI=1S/C12H6BrCl2IN2O/c13-6-3-8(11(15)17-5-6)12(19)18-10-2-1-7(14)4-9(10)16/h1-5H,(H,18,19). The minimum absolute atomic E-state index is 0.157. The second-order valence-corrected chi connectivity index (χ2v) is 6.44. The molecule has 98 valence electrons. The van der Waals surface area contributed by atoms with E-state index in [0.29, 0.717) is 20.7 Å². The number of rotatable bonds is 2. The van der Waals surface area contributed by atoms with Gasteiger partial charge in [-0.15, -0.1) is 0 Å². The van der Waals surface area contributed by atoms with Gasteiger partial charge in [0.25, 0.3) is 5.91 Å². The number of nitrogens with one attached hydrogen (secondary N) is 1. The van der Waals surface area contributed by atoms with Gasteiger partial charge in [-0.25, -0.2) is 4.98 Å². The van der Waals surface area contributed by atoms with Crippen LogP contribution in [0.3, 0.4) is 0 Å². The fraction of sp³-hybridized carbons (Fsp3) is 0. The first kappa shape index (κ1) is 15.0. The van der Waals surface area contributed by atoms with Gasteiger partial charge in [0.15, 0.2) is 0 Å². The molecule has 0 bridgehead atoms. The third-order valence-corrected chi connectivity index (χ3v) is 4.09. The van der Waals surface area contributed by atoms with Crippen molar-refractivity contribution >= 4 is 73.3 Å². The molecule has 0 saturated heterocycles. The summed E-state index contributed by atoms with van der Waals surface area (Å²) in [4.78, 5) is 16.0. The van der Waals surface area contributed by atoms with Crippen LogP contribution in [0.25, 0.3) is 0 Å². The van der Waals surface area contributed by atoms with Gasteiger partial charge in [-0.2, -0.15) is 0 Å². The van der Waals surface area contributed by atoms with Crippen molar-refractivity contribution in [1.82, 2.24) is 4.98 Å². The number of halogens is 4. The molecule has 0 unspecified atom stereocenters. The molecule has 1 aromatic carbocycles. The van der Waals surface area contributed by atoms with Crippen molar-refractivity contribution in [2.45, 2.75) is 0 Å². The molecule has 0 spiro atoms. The van der Waals surface area contributed by atoms with Crippen LogP contribution in [0.15, 0.2) is 34.9 Å². The van der Waals surface area contributed by atoms with E-state index in [1.165, 1.54) is 6.20 Å². The normalized spacial score (nSPS) is 10.3. The van der Waals surface area contributed by atoms with Crippen LogP contribution >= 0.6 is 61.7 Å². The number of aromatic nitrogens is 1. The molecule has 3 nitrogen and oxygen atoms in total. The summed E-state index contributed by atoms with van der Waals surface area (Å²) in [7, 11) is 0. The molecular weight excluding hydrogens is 466 g/mol. The minimum Gasteiger partial charge on any atom is -0.321 e. The molecular formula is C12H6BrCl2IN2O. The van der Waals surface area contributed by atoms with Crippen molar-refractivity contribution in [3.8, 4) is 0 Å². The highest BCUT2D eigenvalue weighted by atomic mass is 127. The van der Waals surface area contributed by atoms with Crippen LogP contribution in [-0.4, -0.2) is 10.9 Å². The lowest BCUT2D eigenvalue weighted by molar-refractivity contribution is 0.102. The summed E-state index contributed by atoms with van der Waals surface area (Å²) in [5.74, 6) is -0.320. The number of anilines is 1. The maximum Gasteiger partial charge on any atom is 0.258 e. The Hall–Kier alpha value is -0.370. The van der Waals surface area contributed by atoms with Gasteiger partial charge in [0, 0.05) is 19.3 Å².